The number of fused-ring (bicyclic) bond motifs is 12. The molecule has 1 aliphatic carbocycles. The summed E-state index contributed by atoms with van der Waals surface area (Å²) in [6.07, 6.45) is 0. The van der Waals surface area contributed by atoms with Crippen LogP contribution in [0.2, 0.25) is 0 Å². The molecule has 1 aliphatic rings. The molecule has 0 fully saturated rings. The average molecular weight is 708 g/mol. The number of hydrogen-bond donors (Lipinski definition) is 0. The van der Waals surface area contributed by atoms with E-state index in [4.69, 9.17) is 13.3 Å². The molecule has 0 saturated heterocycles. The molecule has 0 saturated carbocycles. The summed E-state index contributed by atoms with van der Waals surface area (Å²) in [4.78, 5) is 2.36. The highest BCUT2D eigenvalue weighted by Gasteiger charge is 2.35. The molecule has 0 aliphatic heterocycles. The minimum Gasteiger partial charge on any atom is -0.456 e. The standard InChI is InChI=1S/C51H33NO3/c1-51(2)43-14-8-6-12-35(43)36-21-17-34(27-44(36)51)52(32-18-22-46-39(25-32)37-13-7-9-15-45(37)53-46)33-19-23-47-40(26-33)42-29-49-41(28-50(42)54-47)38-20-16-31(24-48(38)55-49)30-10-4-3-5-11-30/h3-29H,1-2H3. The highest BCUT2D eigenvalue weighted by molar-refractivity contribution is 6.16. The summed E-state index contributed by atoms with van der Waals surface area (Å²) < 4.78 is 19.4. The Morgan fingerprint density at radius 2 is 0.873 bits per heavy atom. The van der Waals surface area contributed by atoms with Crippen molar-refractivity contribution in [3.8, 4) is 22.3 Å². The van der Waals surface area contributed by atoms with E-state index < -0.39 is 0 Å². The van der Waals surface area contributed by atoms with Crippen LogP contribution < -0.4 is 4.90 Å². The fourth-order valence-electron chi connectivity index (χ4n) is 9.11. The predicted octanol–water partition coefficient (Wildman–Crippen LogP) is 14.8. The summed E-state index contributed by atoms with van der Waals surface area (Å²) in [5.41, 5.74) is 15.8. The quantitative estimate of drug-likeness (QED) is 0.183. The molecule has 4 heteroatoms. The maximum absolute atomic E-state index is 6.56. The van der Waals surface area contributed by atoms with Gasteiger partial charge >= 0.3 is 0 Å². The van der Waals surface area contributed by atoms with E-state index in [1.165, 1.54) is 27.8 Å². The van der Waals surface area contributed by atoms with Gasteiger partial charge < -0.3 is 18.2 Å². The van der Waals surface area contributed by atoms with Gasteiger partial charge in [0, 0.05) is 54.8 Å². The van der Waals surface area contributed by atoms with E-state index in [2.05, 4.69) is 164 Å². The van der Waals surface area contributed by atoms with Gasteiger partial charge in [0.05, 0.1) is 0 Å². The van der Waals surface area contributed by atoms with Crippen LogP contribution in [0.15, 0.2) is 177 Å². The van der Waals surface area contributed by atoms with Crippen molar-refractivity contribution in [2.45, 2.75) is 19.3 Å². The van der Waals surface area contributed by atoms with E-state index in [-0.39, 0.29) is 5.41 Å². The zero-order valence-corrected chi connectivity index (χ0v) is 30.3. The van der Waals surface area contributed by atoms with Gasteiger partial charge in [-0.3, -0.25) is 0 Å². The van der Waals surface area contributed by atoms with Crippen LogP contribution in [-0.2, 0) is 5.41 Å². The Balaban J connectivity index is 1.05. The van der Waals surface area contributed by atoms with E-state index in [0.29, 0.717) is 0 Å². The molecule has 4 nitrogen and oxygen atoms in total. The third-order valence-corrected chi connectivity index (χ3v) is 11.9. The molecule has 3 aromatic heterocycles. The molecule has 12 rings (SSSR count). The molecule has 11 aromatic rings. The van der Waals surface area contributed by atoms with Crippen molar-refractivity contribution in [2.75, 3.05) is 4.90 Å². The van der Waals surface area contributed by atoms with Gasteiger partial charge in [-0.1, -0.05) is 98.8 Å². The highest BCUT2D eigenvalue weighted by Crippen LogP contribution is 2.51. The van der Waals surface area contributed by atoms with Crippen LogP contribution in [0.4, 0.5) is 17.1 Å². The molecule has 0 bridgehead atoms. The van der Waals surface area contributed by atoms with Gasteiger partial charge in [-0.25, -0.2) is 0 Å². The lowest BCUT2D eigenvalue weighted by Gasteiger charge is -2.28. The summed E-state index contributed by atoms with van der Waals surface area (Å²) in [6.45, 7) is 4.67. The molecule has 260 valence electrons. The second-order valence-corrected chi connectivity index (χ2v) is 15.3. The monoisotopic (exact) mass is 707 g/mol. The number of para-hydroxylation sites is 1. The molecule has 8 aromatic carbocycles. The summed E-state index contributed by atoms with van der Waals surface area (Å²) in [6, 6.07) is 58.2. The minimum absolute atomic E-state index is 0.136. The topological polar surface area (TPSA) is 42.7 Å². The minimum atomic E-state index is -0.136. The van der Waals surface area contributed by atoms with Crippen molar-refractivity contribution in [2.24, 2.45) is 0 Å². The Labute approximate surface area is 316 Å². The number of furan rings is 3. The fraction of sp³-hybridized carbons (Fsp3) is 0.0588. The maximum Gasteiger partial charge on any atom is 0.136 e. The van der Waals surface area contributed by atoms with E-state index in [1.54, 1.807) is 0 Å². The molecular formula is C51H33NO3. The van der Waals surface area contributed by atoms with E-state index in [0.717, 1.165) is 88.4 Å². The molecule has 0 radical (unpaired) electrons. The van der Waals surface area contributed by atoms with Gasteiger partial charge in [0.25, 0.3) is 0 Å². The van der Waals surface area contributed by atoms with Gasteiger partial charge in [-0.2, -0.15) is 0 Å². The molecule has 0 unspecified atom stereocenters. The lowest BCUT2D eigenvalue weighted by Crippen LogP contribution is -2.16. The Hall–Kier alpha value is -7.04. The summed E-state index contributed by atoms with van der Waals surface area (Å²) in [5.74, 6) is 0. The zero-order chi connectivity index (χ0) is 36.4. The molecule has 0 spiro atoms. The number of rotatable bonds is 4. The normalized spacial score (nSPS) is 13.4. The van der Waals surface area contributed by atoms with E-state index in [9.17, 15) is 0 Å². The SMILES string of the molecule is CC1(C)c2ccccc2-c2ccc(N(c3ccc4oc5ccccc5c4c3)c3ccc4oc5cc6c(cc5c4c3)oc3cc(-c4ccccc4)ccc36)cc21. The molecule has 3 heterocycles. The lowest BCUT2D eigenvalue weighted by atomic mass is 9.82. The fourth-order valence-corrected chi connectivity index (χ4v) is 9.11. The van der Waals surface area contributed by atoms with Crippen LogP contribution in [0.3, 0.4) is 0 Å². The second-order valence-electron chi connectivity index (χ2n) is 15.3. The largest absolute Gasteiger partial charge is 0.456 e. The Morgan fingerprint density at radius 1 is 0.345 bits per heavy atom. The van der Waals surface area contributed by atoms with E-state index >= 15 is 0 Å². The van der Waals surface area contributed by atoms with Gasteiger partial charge in [-0.05, 0) is 112 Å². The highest BCUT2D eigenvalue weighted by atomic mass is 16.3. The molecule has 0 N–H and O–H groups in total. The first-order chi connectivity index (χ1) is 27.0. The van der Waals surface area contributed by atoms with Gasteiger partial charge in [0.1, 0.15) is 33.5 Å². The number of benzene rings is 8. The van der Waals surface area contributed by atoms with E-state index in [1.807, 2.05) is 18.2 Å². The van der Waals surface area contributed by atoms with Crippen LogP contribution in [0.5, 0.6) is 0 Å². The van der Waals surface area contributed by atoms with Crippen LogP contribution in [0, 0.1) is 0 Å². The van der Waals surface area contributed by atoms with Gasteiger partial charge in [-0.15, -0.1) is 0 Å². The first-order valence-electron chi connectivity index (χ1n) is 18.8. The van der Waals surface area contributed by atoms with Crippen molar-refractivity contribution < 1.29 is 13.3 Å². The van der Waals surface area contributed by atoms with Crippen molar-refractivity contribution in [1.82, 2.24) is 0 Å². The molecule has 0 atom stereocenters. The Bertz CT molecular complexity index is 3360. The number of hydrogen-bond acceptors (Lipinski definition) is 4. The number of anilines is 3. The third-order valence-electron chi connectivity index (χ3n) is 11.9. The van der Waals surface area contributed by atoms with Crippen LogP contribution in [-0.4, -0.2) is 0 Å². The summed E-state index contributed by atoms with van der Waals surface area (Å²) >= 11 is 0. The maximum atomic E-state index is 6.56. The third kappa shape index (κ3) is 4.40. The Kier molecular flexibility index (Phi) is 6.09. The predicted molar refractivity (Wildman–Crippen MR) is 226 cm³/mol. The van der Waals surface area contributed by atoms with Gasteiger partial charge in [0.2, 0.25) is 0 Å². The Morgan fingerprint density at radius 3 is 1.67 bits per heavy atom. The van der Waals surface area contributed by atoms with Crippen molar-refractivity contribution >= 4 is 82.9 Å². The lowest BCUT2D eigenvalue weighted by molar-refractivity contribution is 0.660. The average Bonchev–Trinajstić information content (AvgIpc) is 3.95. The van der Waals surface area contributed by atoms with Crippen LogP contribution in [0.1, 0.15) is 25.0 Å². The van der Waals surface area contributed by atoms with Crippen LogP contribution in [0.25, 0.3) is 88.1 Å². The molecule has 0 amide bonds. The number of nitrogens with zero attached hydrogens (tertiary/aromatic N) is 1. The first-order valence-corrected chi connectivity index (χ1v) is 18.8. The van der Waals surface area contributed by atoms with Gasteiger partial charge in [0.15, 0.2) is 0 Å². The molecule has 55 heavy (non-hydrogen) atoms. The van der Waals surface area contributed by atoms with Crippen LogP contribution >= 0.6 is 0 Å². The van der Waals surface area contributed by atoms with Crippen molar-refractivity contribution in [3.05, 3.63) is 175 Å². The summed E-state index contributed by atoms with van der Waals surface area (Å²) in [5, 5.41) is 6.37. The molecular weight excluding hydrogens is 675 g/mol. The smallest absolute Gasteiger partial charge is 0.136 e. The van der Waals surface area contributed by atoms with Crippen molar-refractivity contribution in [3.63, 3.8) is 0 Å². The summed E-state index contributed by atoms with van der Waals surface area (Å²) in [7, 11) is 0. The van der Waals surface area contributed by atoms with Crippen molar-refractivity contribution in [1.29, 1.82) is 0 Å². The first kappa shape index (κ1) is 30.4. The zero-order valence-electron chi connectivity index (χ0n) is 30.3. The second kappa shape index (κ2) is 11.0.